The Balaban J connectivity index is 2.36. The third-order valence-corrected chi connectivity index (χ3v) is 3.94. The van der Waals surface area contributed by atoms with Crippen LogP contribution in [0.15, 0.2) is 18.2 Å². The number of H-pyrrole nitrogens is 1. The minimum absolute atomic E-state index is 0.293. The number of esters is 1. The summed E-state index contributed by atoms with van der Waals surface area (Å²) in [6, 6.07) is 5.93. The second kappa shape index (κ2) is 4.88. The van der Waals surface area contributed by atoms with E-state index in [4.69, 9.17) is 4.74 Å². The SMILES string of the molecule is CCOC(=O)c1cc2c(ccc3nc(C)c(C)c32)[nH]c1C. The summed E-state index contributed by atoms with van der Waals surface area (Å²) < 4.78 is 5.13. The van der Waals surface area contributed by atoms with E-state index < -0.39 is 0 Å². The van der Waals surface area contributed by atoms with Crippen molar-refractivity contribution in [1.29, 1.82) is 0 Å². The molecule has 2 heterocycles. The molecule has 0 atom stereocenters. The van der Waals surface area contributed by atoms with Crippen LogP contribution in [0.4, 0.5) is 0 Å². The van der Waals surface area contributed by atoms with E-state index in [-0.39, 0.29) is 5.97 Å². The first-order valence-corrected chi connectivity index (χ1v) is 7.09. The van der Waals surface area contributed by atoms with Crippen molar-refractivity contribution in [3.63, 3.8) is 0 Å². The number of pyridine rings is 1. The largest absolute Gasteiger partial charge is 0.462 e. The van der Waals surface area contributed by atoms with E-state index in [1.807, 2.05) is 39.0 Å². The molecule has 21 heavy (non-hydrogen) atoms. The van der Waals surface area contributed by atoms with Gasteiger partial charge in [0, 0.05) is 27.7 Å². The molecule has 4 heteroatoms. The van der Waals surface area contributed by atoms with Crippen LogP contribution in [0.25, 0.3) is 21.8 Å². The molecule has 0 radical (unpaired) electrons. The van der Waals surface area contributed by atoms with Crippen molar-refractivity contribution in [3.05, 3.63) is 40.7 Å². The second-order valence-electron chi connectivity index (χ2n) is 5.27. The van der Waals surface area contributed by atoms with Crippen molar-refractivity contribution in [2.24, 2.45) is 0 Å². The molecule has 3 aromatic rings. The lowest BCUT2D eigenvalue weighted by Crippen LogP contribution is -2.08. The lowest BCUT2D eigenvalue weighted by Gasteiger charge is -2.09. The van der Waals surface area contributed by atoms with E-state index in [0.717, 1.165) is 38.8 Å². The van der Waals surface area contributed by atoms with Crippen LogP contribution in [0, 0.1) is 20.8 Å². The lowest BCUT2D eigenvalue weighted by molar-refractivity contribution is 0.0525. The first-order chi connectivity index (χ1) is 10.0. The topological polar surface area (TPSA) is 55.0 Å². The monoisotopic (exact) mass is 282 g/mol. The van der Waals surface area contributed by atoms with E-state index in [1.165, 1.54) is 0 Å². The Kier molecular flexibility index (Phi) is 3.16. The summed E-state index contributed by atoms with van der Waals surface area (Å²) in [7, 11) is 0. The minimum atomic E-state index is -0.293. The van der Waals surface area contributed by atoms with Gasteiger partial charge in [0.05, 0.1) is 17.7 Å². The highest BCUT2D eigenvalue weighted by molar-refractivity contribution is 6.09. The zero-order chi connectivity index (χ0) is 15.1. The third-order valence-electron chi connectivity index (χ3n) is 3.94. The van der Waals surface area contributed by atoms with Crippen LogP contribution in [0.2, 0.25) is 0 Å². The Hall–Kier alpha value is -2.36. The smallest absolute Gasteiger partial charge is 0.339 e. The molecule has 0 spiro atoms. The van der Waals surface area contributed by atoms with Crippen LogP contribution >= 0.6 is 0 Å². The number of nitrogens with zero attached hydrogens (tertiary/aromatic N) is 1. The first kappa shape index (κ1) is 13.6. The minimum Gasteiger partial charge on any atom is -0.462 e. The number of aromatic amines is 1. The number of rotatable bonds is 2. The molecule has 0 fully saturated rings. The normalized spacial score (nSPS) is 11.2. The number of hydrogen-bond donors (Lipinski definition) is 1. The molecule has 0 saturated carbocycles. The van der Waals surface area contributed by atoms with Gasteiger partial charge in [-0.15, -0.1) is 0 Å². The van der Waals surface area contributed by atoms with Crippen LogP contribution in [0.1, 0.15) is 34.2 Å². The lowest BCUT2D eigenvalue weighted by atomic mass is 10.0. The van der Waals surface area contributed by atoms with E-state index in [1.54, 1.807) is 0 Å². The number of fused-ring (bicyclic) bond motifs is 3. The van der Waals surface area contributed by atoms with Gasteiger partial charge in [-0.25, -0.2) is 4.79 Å². The molecule has 0 aliphatic heterocycles. The fourth-order valence-corrected chi connectivity index (χ4v) is 2.74. The number of hydrogen-bond acceptors (Lipinski definition) is 3. The van der Waals surface area contributed by atoms with Crippen molar-refractivity contribution in [2.75, 3.05) is 6.61 Å². The van der Waals surface area contributed by atoms with E-state index >= 15 is 0 Å². The van der Waals surface area contributed by atoms with Crippen LogP contribution in [0.5, 0.6) is 0 Å². The Morgan fingerprint density at radius 2 is 2.05 bits per heavy atom. The molecule has 0 aliphatic carbocycles. The van der Waals surface area contributed by atoms with E-state index in [0.29, 0.717) is 12.2 Å². The average molecular weight is 282 g/mol. The van der Waals surface area contributed by atoms with Gasteiger partial charge in [0.2, 0.25) is 0 Å². The molecule has 0 amide bonds. The standard InChI is InChI=1S/C17H18N2O2/c1-5-21-17(20)12-8-13-14(19-11(12)4)6-7-15-16(13)9(2)10(3)18-15/h6-8,19H,5H2,1-4H3. The van der Waals surface area contributed by atoms with Gasteiger partial charge in [-0.3, -0.25) is 4.98 Å². The molecule has 3 rings (SSSR count). The van der Waals surface area contributed by atoms with Crippen LogP contribution < -0.4 is 0 Å². The predicted molar refractivity (Wildman–Crippen MR) is 83.8 cm³/mol. The Bertz CT molecular complexity index is 862. The average Bonchev–Trinajstić information content (AvgIpc) is 2.74. The zero-order valence-electron chi connectivity index (χ0n) is 12.7. The van der Waals surface area contributed by atoms with Gasteiger partial charge < -0.3 is 9.72 Å². The van der Waals surface area contributed by atoms with Crippen molar-refractivity contribution >= 4 is 27.8 Å². The van der Waals surface area contributed by atoms with Gasteiger partial charge in [-0.2, -0.15) is 0 Å². The second-order valence-corrected chi connectivity index (χ2v) is 5.27. The molecule has 0 aliphatic rings. The Morgan fingerprint density at radius 3 is 2.76 bits per heavy atom. The van der Waals surface area contributed by atoms with Gasteiger partial charge in [-0.1, -0.05) is 0 Å². The Morgan fingerprint density at radius 1 is 1.29 bits per heavy atom. The van der Waals surface area contributed by atoms with Gasteiger partial charge in [0.15, 0.2) is 0 Å². The number of carbonyl (C=O) groups excluding carboxylic acids is 1. The van der Waals surface area contributed by atoms with E-state index in [9.17, 15) is 4.79 Å². The van der Waals surface area contributed by atoms with Crippen LogP contribution in [-0.2, 0) is 4.74 Å². The van der Waals surface area contributed by atoms with E-state index in [2.05, 4.69) is 16.9 Å². The summed E-state index contributed by atoms with van der Waals surface area (Å²) in [6.07, 6.45) is 0. The summed E-state index contributed by atoms with van der Waals surface area (Å²) in [6.45, 7) is 8.14. The number of aryl methyl sites for hydroxylation is 3. The maximum Gasteiger partial charge on any atom is 0.339 e. The summed E-state index contributed by atoms with van der Waals surface area (Å²) in [5.41, 5.74) is 5.54. The zero-order valence-corrected chi connectivity index (χ0v) is 12.7. The summed E-state index contributed by atoms with van der Waals surface area (Å²) >= 11 is 0. The summed E-state index contributed by atoms with van der Waals surface area (Å²) in [4.78, 5) is 19.9. The van der Waals surface area contributed by atoms with Gasteiger partial charge in [-0.05, 0) is 51.5 Å². The maximum absolute atomic E-state index is 12.1. The van der Waals surface area contributed by atoms with Crippen LogP contribution in [0.3, 0.4) is 0 Å². The molecular weight excluding hydrogens is 264 g/mol. The van der Waals surface area contributed by atoms with Crippen LogP contribution in [-0.4, -0.2) is 22.5 Å². The van der Waals surface area contributed by atoms with Gasteiger partial charge in [0.1, 0.15) is 0 Å². The summed E-state index contributed by atoms with van der Waals surface area (Å²) in [5, 5.41) is 2.12. The predicted octanol–water partition coefficient (Wildman–Crippen LogP) is 3.82. The van der Waals surface area contributed by atoms with Crippen molar-refractivity contribution < 1.29 is 9.53 Å². The summed E-state index contributed by atoms with van der Waals surface area (Å²) in [5.74, 6) is -0.293. The fourth-order valence-electron chi connectivity index (χ4n) is 2.74. The molecule has 0 bridgehead atoms. The quantitative estimate of drug-likeness (QED) is 0.727. The highest BCUT2D eigenvalue weighted by Gasteiger charge is 2.15. The molecule has 108 valence electrons. The highest BCUT2D eigenvalue weighted by Crippen LogP contribution is 2.30. The number of nitrogens with one attached hydrogen (secondary N) is 1. The number of benzene rings is 1. The maximum atomic E-state index is 12.1. The van der Waals surface area contributed by atoms with Gasteiger partial charge in [0.25, 0.3) is 0 Å². The van der Waals surface area contributed by atoms with Crippen molar-refractivity contribution in [2.45, 2.75) is 27.7 Å². The number of carbonyl (C=O) groups is 1. The number of aromatic nitrogens is 2. The fraction of sp³-hybridized carbons (Fsp3) is 0.294. The van der Waals surface area contributed by atoms with Crippen molar-refractivity contribution in [3.8, 4) is 0 Å². The molecule has 1 aromatic carbocycles. The molecule has 0 unspecified atom stereocenters. The highest BCUT2D eigenvalue weighted by atomic mass is 16.5. The van der Waals surface area contributed by atoms with Crippen molar-refractivity contribution in [1.82, 2.24) is 9.97 Å². The third kappa shape index (κ3) is 2.07. The number of ether oxygens (including phenoxy) is 1. The van der Waals surface area contributed by atoms with Gasteiger partial charge >= 0.3 is 5.97 Å². The molecule has 1 N–H and O–H groups in total. The molecule has 2 aromatic heterocycles. The molecular formula is C17H18N2O2. The molecule has 0 saturated heterocycles. The first-order valence-electron chi connectivity index (χ1n) is 7.09. The molecule has 4 nitrogen and oxygen atoms in total. The Labute approximate surface area is 123 Å².